The van der Waals surface area contributed by atoms with Crippen LogP contribution in [0.3, 0.4) is 0 Å². The fraction of sp³-hybridized carbons (Fsp3) is 0.300. The fourth-order valence-corrected chi connectivity index (χ4v) is 0.888. The summed E-state index contributed by atoms with van der Waals surface area (Å²) < 4.78 is 36.3. The Hall–Kier alpha value is -1.72. The molecule has 0 unspecified atom stereocenters. The van der Waals surface area contributed by atoms with E-state index in [1.165, 1.54) is 0 Å². The third-order valence-electron chi connectivity index (χ3n) is 1.62. The molecule has 0 aliphatic heterocycles. The number of amidine groups is 1. The molecule has 1 rings (SSSR count). The summed E-state index contributed by atoms with van der Waals surface area (Å²) in [4.78, 5) is 0. The van der Waals surface area contributed by atoms with Crippen molar-refractivity contribution in [1.29, 1.82) is 0 Å². The minimum atomic E-state index is -4.37. The molecule has 0 spiro atoms. The highest BCUT2D eigenvalue weighted by Crippen LogP contribution is 2.28. The van der Waals surface area contributed by atoms with Crippen molar-refractivity contribution in [2.24, 2.45) is 10.9 Å². The predicted molar refractivity (Wildman–Crippen MR) is 55.3 cm³/mol. The molecule has 90 valence electrons. The van der Waals surface area contributed by atoms with Crippen molar-refractivity contribution in [3.8, 4) is 0 Å². The molecule has 0 aliphatic carbocycles. The van der Waals surface area contributed by atoms with Crippen LogP contribution in [0.2, 0.25) is 0 Å². The lowest BCUT2D eigenvalue weighted by Crippen LogP contribution is -2.13. The molecule has 0 saturated heterocycles. The molecule has 0 aromatic heterocycles. The summed E-state index contributed by atoms with van der Waals surface area (Å²) in [7, 11) is 0. The Morgan fingerprint density at radius 3 is 1.94 bits per heavy atom. The number of halogens is 3. The minimum absolute atomic E-state index is 0.223. The molecule has 3 nitrogen and oxygen atoms in total. The smallest absolute Gasteiger partial charge is 0.409 e. The molecule has 16 heavy (non-hydrogen) atoms. The molecule has 0 atom stereocenters. The molecule has 0 saturated carbocycles. The van der Waals surface area contributed by atoms with Crippen molar-refractivity contribution < 1.29 is 18.4 Å². The van der Waals surface area contributed by atoms with Crippen molar-refractivity contribution in [1.82, 2.24) is 0 Å². The second-order valence-corrected chi connectivity index (χ2v) is 2.56. The van der Waals surface area contributed by atoms with Gasteiger partial charge < -0.3 is 10.9 Å². The molecule has 6 heteroatoms. The van der Waals surface area contributed by atoms with Gasteiger partial charge in [-0.1, -0.05) is 31.1 Å². The second-order valence-electron chi connectivity index (χ2n) is 2.56. The first-order chi connectivity index (χ1) is 7.45. The maximum Gasteiger partial charge on any atom is 0.416 e. The highest BCUT2D eigenvalue weighted by Gasteiger charge is 2.29. The van der Waals surface area contributed by atoms with Crippen molar-refractivity contribution in [3.05, 3.63) is 35.4 Å². The molecule has 0 heterocycles. The molecule has 3 N–H and O–H groups in total. The van der Waals surface area contributed by atoms with Crippen LogP contribution in [0.25, 0.3) is 0 Å². The topological polar surface area (TPSA) is 58.6 Å². The van der Waals surface area contributed by atoms with Crippen LogP contribution in [0.1, 0.15) is 25.0 Å². The summed E-state index contributed by atoms with van der Waals surface area (Å²) in [5.74, 6) is -0.223. The first-order valence-corrected chi connectivity index (χ1v) is 4.60. The van der Waals surface area contributed by atoms with Crippen molar-refractivity contribution in [2.75, 3.05) is 0 Å². The van der Waals surface area contributed by atoms with Gasteiger partial charge in [-0.3, -0.25) is 0 Å². The Labute approximate surface area is 91.4 Å². The molecule has 1 aromatic rings. The maximum absolute atomic E-state index is 12.1. The average molecular weight is 234 g/mol. The van der Waals surface area contributed by atoms with Crippen molar-refractivity contribution in [2.45, 2.75) is 20.0 Å². The largest absolute Gasteiger partial charge is 0.416 e. The van der Waals surface area contributed by atoms with Crippen LogP contribution < -0.4 is 5.73 Å². The third kappa shape index (κ3) is 3.80. The highest BCUT2D eigenvalue weighted by molar-refractivity contribution is 5.96. The molecular weight excluding hydrogens is 221 g/mol. The molecular formula is C10H13F3N2O. The summed E-state index contributed by atoms with van der Waals surface area (Å²) in [6.45, 7) is 4.00. The molecule has 0 bridgehead atoms. The molecule has 0 radical (unpaired) electrons. The predicted octanol–water partition coefficient (Wildman–Crippen LogP) is 2.83. The van der Waals surface area contributed by atoms with Crippen molar-refractivity contribution in [3.63, 3.8) is 0 Å². The molecule has 0 fully saturated rings. The lowest BCUT2D eigenvalue weighted by Gasteiger charge is -2.06. The number of hydrogen-bond donors (Lipinski definition) is 2. The minimum Gasteiger partial charge on any atom is -0.409 e. The Bertz CT molecular complexity index is 344. The van der Waals surface area contributed by atoms with Gasteiger partial charge in [0, 0.05) is 5.56 Å². The first-order valence-electron chi connectivity index (χ1n) is 4.60. The Morgan fingerprint density at radius 1 is 1.19 bits per heavy atom. The summed E-state index contributed by atoms with van der Waals surface area (Å²) in [6.07, 6.45) is -4.37. The normalized spacial score (nSPS) is 11.7. The highest BCUT2D eigenvalue weighted by atomic mass is 19.4. The number of hydrogen-bond acceptors (Lipinski definition) is 2. The number of nitrogens with two attached hydrogens (primary N) is 1. The van der Waals surface area contributed by atoms with Gasteiger partial charge in [0.15, 0.2) is 5.84 Å². The van der Waals surface area contributed by atoms with E-state index in [0.717, 1.165) is 24.3 Å². The van der Waals surface area contributed by atoms with E-state index in [1.807, 2.05) is 13.8 Å². The van der Waals surface area contributed by atoms with Gasteiger partial charge in [0.25, 0.3) is 0 Å². The standard InChI is InChI=1S/C8H7F3N2O.C2H6/c9-8(10,11)6-3-1-5(2-4-6)7(12)13-14;1-2/h1-4,14H,(H2,12,13);1-2H3. The number of alkyl halides is 3. The molecule has 0 aliphatic rings. The number of benzene rings is 1. The first kappa shape index (κ1) is 14.3. The summed E-state index contributed by atoms with van der Waals surface area (Å²) in [5, 5.41) is 10.9. The van der Waals surface area contributed by atoms with E-state index in [1.54, 1.807) is 0 Å². The van der Waals surface area contributed by atoms with E-state index in [4.69, 9.17) is 10.9 Å². The summed E-state index contributed by atoms with van der Waals surface area (Å²) in [5.41, 5.74) is 4.64. The van der Waals surface area contributed by atoms with E-state index in [0.29, 0.717) is 0 Å². The van der Waals surface area contributed by atoms with E-state index in [2.05, 4.69) is 5.16 Å². The average Bonchev–Trinajstić information content (AvgIpc) is 2.30. The zero-order chi connectivity index (χ0) is 12.8. The lowest BCUT2D eigenvalue weighted by molar-refractivity contribution is -0.137. The zero-order valence-corrected chi connectivity index (χ0v) is 8.92. The quantitative estimate of drug-likeness (QED) is 0.340. The van der Waals surface area contributed by atoms with Crippen LogP contribution in [0.4, 0.5) is 13.2 Å². The van der Waals surface area contributed by atoms with Gasteiger partial charge in [-0.05, 0) is 12.1 Å². The van der Waals surface area contributed by atoms with Crippen LogP contribution in [0.15, 0.2) is 29.4 Å². The Kier molecular flexibility index (Phi) is 5.35. The van der Waals surface area contributed by atoms with Gasteiger partial charge in [0.2, 0.25) is 0 Å². The number of rotatable bonds is 1. The number of nitrogens with zero attached hydrogens (tertiary/aromatic N) is 1. The van der Waals surface area contributed by atoms with Crippen LogP contribution in [0.5, 0.6) is 0 Å². The van der Waals surface area contributed by atoms with Gasteiger partial charge in [-0.25, -0.2) is 0 Å². The van der Waals surface area contributed by atoms with Gasteiger partial charge in [0.05, 0.1) is 5.56 Å². The van der Waals surface area contributed by atoms with Crippen LogP contribution in [0, 0.1) is 0 Å². The fourth-order valence-electron chi connectivity index (χ4n) is 0.888. The van der Waals surface area contributed by atoms with Gasteiger partial charge >= 0.3 is 6.18 Å². The zero-order valence-electron chi connectivity index (χ0n) is 8.92. The van der Waals surface area contributed by atoms with E-state index >= 15 is 0 Å². The lowest BCUT2D eigenvalue weighted by atomic mass is 10.1. The molecule has 0 amide bonds. The van der Waals surface area contributed by atoms with E-state index < -0.39 is 11.7 Å². The van der Waals surface area contributed by atoms with Gasteiger partial charge in [-0.2, -0.15) is 13.2 Å². The van der Waals surface area contributed by atoms with Crippen LogP contribution >= 0.6 is 0 Å². The van der Waals surface area contributed by atoms with E-state index in [9.17, 15) is 13.2 Å². The van der Waals surface area contributed by atoms with Crippen LogP contribution in [-0.4, -0.2) is 11.0 Å². The Morgan fingerprint density at radius 2 is 1.62 bits per heavy atom. The van der Waals surface area contributed by atoms with Gasteiger partial charge in [0.1, 0.15) is 0 Å². The summed E-state index contributed by atoms with van der Waals surface area (Å²) >= 11 is 0. The SMILES string of the molecule is CC.N/C(=N\O)c1ccc(C(F)(F)F)cc1. The monoisotopic (exact) mass is 234 g/mol. The second kappa shape index (κ2) is 5.99. The number of oxime groups is 1. The van der Waals surface area contributed by atoms with Gasteiger partial charge in [-0.15, -0.1) is 0 Å². The molecule has 1 aromatic carbocycles. The summed E-state index contributed by atoms with van der Waals surface area (Å²) in [6, 6.07) is 4.01. The Balaban J connectivity index is 0.00000106. The van der Waals surface area contributed by atoms with Crippen LogP contribution in [-0.2, 0) is 6.18 Å². The maximum atomic E-state index is 12.1. The van der Waals surface area contributed by atoms with E-state index in [-0.39, 0.29) is 11.4 Å². The third-order valence-corrected chi connectivity index (χ3v) is 1.62. The van der Waals surface area contributed by atoms with Crippen molar-refractivity contribution >= 4 is 5.84 Å².